The molecule has 4 rings (SSSR count). The van der Waals surface area contributed by atoms with E-state index in [0.29, 0.717) is 25.1 Å². The molecule has 0 unspecified atom stereocenters. The van der Waals surface area contributed by atoms with Gasteiger partial charge in [-0.15, -0.1) is 0 Å². The van der Waals surface area contributed by atoms with E-state index in [0.717, 1.165) is 22.5 Å². The molecule has 0 saturated carbocycles. The highest BCUT2D eigenvalue weighted by Crippen LogP contribution is 2.38. The summed E-state index contributed by atoms with van der Waals surface area (Å²) in [5.41, 5.74) is 9.04. The van der Waals surface area contributed by atoms with Crippen LogP contribution in [0.3, 0.4) is 0 Å². The van der Waals surface area contributed by atoms with Crippen molar-refractivity contribution >= 4 is 23.5 Å². The van der Waals surface area contributed by atoms with Crippen LogP contribution in [0.15, 0.2) is 24.4 Å². The summed E-state index contributed by atoms with van der Waals surface area (Å²) in [7, 11) is 0. The maximum atomic E-state index is 12.9. The molecule has 2 aliphatic heterocycles. The first-order valence-corrected chi connectivity index (χ1v) is 8.22. The van der Waals surface area contributed by atoms with E-state index in [9.17, 15) is 9.59 Å². The summed E-state index contributed by atoms with van der Waals surface area (Å²) >= 11 is 0. The summed E-state index contributed by atoms with van der Waals surface area (Å²) in [6.45, 7) is 4.77. The molecule has 7 heteroatoms. The number of benzene rings is 1. The lowest BCUT2D eigenvalue weighted by Gasteiger charge is -2.28. The number of carbonyl (C=O) groups is 2. The summed E-state index contributed by atoms with van der Waals surface area (Å²) in [6, 6.07) is 5.39. The smallest absolute Gasteiger partial charge is 0.254 e. The molecule has 3 N–H and O–H groups in total. The molecular weight excluding hydrogens is 318 g/mol. The number of rotatable bonds is 1. The number of anilines is 2. The van der Waals surface area contributed by atoms with Gasteiger partial charge in [0, 0.05) is 42.5 Å². The van der Waals surface area contributed by atoms with E-state index in [1.165, 1.54) is 0 Å². The number of nitrogen functional groups attached to an aromatic ring is 1. The normalized spacial score (nSPS) is 17.7. The van der Waals surface area contributed by atoms with Gasteiger partial charge in [0.05, 0.1) is 11.1 Å². The minimum Gasteiger partial charge on any atom is -0.368 e. The molecule has 2 aliphatic rings. The number of aromatic nitrogens is 2. The van der Waals surface area contributed by atoms with Crippen molar-refractivity contribution in [2.24, 2.45) is 0 Å². The topological polar surface area (TPSA) is 101 Å². The summed E-state index contributed by atoms with van der Waals surface area (Å²) < 4.78 is 0. The summed E-state index contributed by atoms with van der Waals surface area (Å²) in [6.07, 6.45) is 2.34. The van der Waals surface area contributed by atoms with Gasteiger partial charge in [0.2, 0.25) is 11.9 Å². The fourth-order valence-corrected chi connectivity index (χ4v) is 3.39. The second kappa shape index (κ2) is 5.27. The molecular formula is C18H19N5O2. The van der Waals surface area contributed by atoms with E-state index < -0.39 is 5.41 Å². The number of nitrogens with zero attached hydrogens (tertiary/aromatic N) is 3. The standard InChI is InChI=1S/C18H19N5O2/c1-18(2)12-7-10(3-4-14(12)21-16(18)25)15(24)23-6-5-13-11(9-23)8-20-17(19)22-13/h3-4,7-8H,5-6,9H2,1-2H3,(H,21,25)(H2,19,20,22). The van der Waals surface area contributed by atoms with Gasteiger partial charge in [0.1, 0.15) is 0 Å². The molecule has 128 valence electrons. The van der Waals surface area contributed by atoms with Gasteiger partial charge in [-0.3, -0.25) is 9.59 Å². The molecule has 2 amide bonds. The Labute approximate surface area is 145 Å². The molecule has 0 radical (unpaired) electrons. The number of carbonyl (C=O) groups excluding carboxylic acids is 2. The lowest BCUT2D eigenvalue weighted by atomic mass is 9.85. The van der Waals surface area contributed by atoms with Crippen LogP contribution in [0.1, 0.15) is 41.0 Å². The summed E-state index contributed by atoms with van der Waals surface area (Å²) in [5, 5.41) is 2.86. The van der Waals surface area contributed by atoms with Crippen LogP contribution >= 0.6 is 0 Å². The molecule has 25 heavy (non-hydrogen) atoms. The molecule has 3 heterocycles. The van der Waals surface area contributed by atoms with Crippen molar-refractivity contribution in [3.63, 3.8) is 0 Å². The molecule has 2 aromatic rings. The molecule has 0 saturated heterocycles. The van der Waals surface area contributed by atoms with Crippen molar-refractivity contribution in [2.45, 2.75) is 32.2 Å². The number of hydrogen-bond donors (Lipinski definition) is 2. The minimum atomic E-state index is -0.633. The number of fused-ring (bicyclic) bond motifs is 2. The van der Waals surface area contributed by atoms with Crippen LogP contribution < -0.4 is 11.1 Å². The van der Waals surface area contributed by atoms with Gasteiger partial charge < -0.3 is 16.0 Å². The third kappa shape index (κ3) is 2.43. The Kier molecular flexibility index (Phi) is 3.28. The van der Waals surface area contributed by atoms with E-state index in [2.05, 4.69) is 15.3 Å². The zero-order chi connectivity index (χ0) is 17.8. The Morgan fingerprint density at radius 2 is 2.16 bits per heavy atom. The summed E-state index contributed by atoms with van der Waals surface area (Å²) in [4.78, 5) is 35.0. The molecule has 1 aromatic carbocycles. The number of amides is 2. The van der Waals surface area contributed by atoms with Crippen LogP contribution in [0.5, 0.6) is 0 Å². The lowest BCUT2D eigenvalue weighted by Crippen LogP contribution is -2.36. The predicted molar refractivity (Wildman–Crippen MR) is 93.0 cm³/mol. The molecule has 0 atom stereocenters. The van der Waals surface area contributed by atoms with Crippen LogP contribution in [-0.4, -0.2) is 33.2 Å². The third-order valence-corrected chi connectivity index (χ3v) is 5.00. The molecule has 0 spiro atoms. The van der Waals surface area contributed by atoms with Gasteiger partial charge in [0.15, 0.2) is 0 Å². The molecule has 0 aliphatic carbocycles. The third-order valence-electron chi connectivity index (χ3n) is 5.00. The zero-order valence-corrected chi connectivity index (χ0v) is 14.2. The fourth-order valence-electron chi connectivity index (χ4n) is 3.39. The van der Waals surface area contributed by atoms with Crippen LogP contribution in [0, 0.1) is 0 Å². The largest absolute Gasteiger partial charge is 0.368 e. The van der Waals surface area contributed by atoms with Crippen molar-refractivity contribution in [3.05, 3.63) is 46.8 Å². The van der Waals surface area contributed by atoms with Crippen LogP contribution in [0.2, 0.25) is 0 Å². The SMILES string of the molecule is CC1(C)C(=O)Nc2ccc(C(=O)N3CCc4nc(N)ncc4C3)cc21. The average molecular weight is 337 g/mol. The van der Waals surface area contributed by atoms with E-state index in [1.54, 1.807) is 23.2 Å². The van der Waals surface area contributed by atoms with Crippen molar-refractivity contribution in [2.75, 3.05) is 17.6 Å². The van der Waals surface area contributed by atoms with E-state index in [4.69, 9.17) is 5.73 Å². The van der Waals surface area contributed by atoms with Gasteiger partial charge in [-0.2, -0.15) is 0 Å². The van der Waals surface area contributed by atoms with E-state index >= 15 is 0 Å². The van der Waals surface area contributed by atoms with Gasteiger partial charge in [0.25, 0.3) is 5.91 Å². The minimum absolute atomic E-state index is 0.0475. The van der Waals surface area contributed by atoms with Gasteiger partial charge in [-0.05, 0) is 37.6 Å². The quantitative estimate of drug-likeness (QED) is 0.821. The second-order valence-corrected chi connectivity index (χ2v) is 7.02. The first-order valence-electron chi connectivity index (χ1n) is 8.22. The molecule has 0 bridgehead atoms. The van der Waals surface area contributed by atoms with Gasteiger partial charge in [-0.1, -0.05) is 0 Å². The highest BCUT2D eigenvalue weighted by atomic mass is 16.2. The monoisotopic (exact) mass is 337 g/mol. The predicted octanol–water partition coefficient (Wildman–Crippen LogP) is 1.49. The average Bonchev–Trinajstić information content (AvgIpc) is 2.82. The lowest BCUT2D eigenvalue weighted by molar-refractivity contribution is -0.119. The number of nitrogens with two attached hydrogens (primary N) is 1. The van der Waals surface area contributed by atoms with E-state index in [1.807, 2.05) is 19.9 Å². The van der Waals surface area contributed by atoms with Crippen molar-refractivity contribution in [1.29, 1.82) is 0 Å². The molecule has 1 aromatic heterocycles. The molecule has 7 nitrogen and oxygen atoms in total. The van der Waals surface area contributed by atoms with Crippen LogP contribution in [0.4, 0.5) is 11.6 Å². The van der Waals surface area contributed by atoms with Crippen molar-refractivity contribution in [3.8, 4) is 0 Å². The Balaban J connectivity index is 1.62. The Hall–Kier alpha value is -2.96. The van der Waals surface area contributed by atoms with Crippen molar-refractivity contribution in [1.82, 2.24) is 14.9 Å². The zero-order valence-electron chi connectivity index (χ0n) is 14.2. The number of nitrogens with one attached hydrogen (secondary N) is 1. The van der Waals surface area contributed by atoms with E-state index in [-0.39, 0.29) is 17.8 Å². The van der Waals surface area contributed by atoms with Gasteiger partial charge in [-0.25, -0.2) is 9.97 Å². The second-order valence-electron chi connectivity index (χ2n) is 7.02. The first kappa shape index (κ1) is 15.6. The van der Waals surface area contributed by atoms with Crippen molar-refractivity contribution < 1.29 is 9.59 Å². The summed E-state index contributed by atoms with van der Waals surface area (Å²) in [5.74, 6) is 0.158. The van der Waals surface area contributed by atoms with Crippen LogP contribution in [-0.2, 0) is 23.2 Å². The maximum absolute atomic E-state index is 12.9. The Morgan fingerprint density at radius 3 is 2.96 bits per heavy atom. The van der Waals surface area contributed by atoms with Gasteiger partial charge >= 0.3 is 0 Å². The highest BCUT2D eigenvalue weighted by molar-refractivity contribution is 6.07. The van der Waals surface area contributed by atoms with Crippen LogP contribution in [0.25, 0.3) is 0 Å². The number of hydrogen-bond acceptors (Lipinski definition) is 5. The Bertz CT molecular complexity index is 906. The highest BCUT2D eigenvalue weighted by Gasteiger charge is 2.39. The molecule has 0 fully saturated rings. The first-order chi connectivity index (χ1) is 11.9. The Morgan fingerprint density at radius 1 is 1.36 bits per heavy atom. The maximum Gasteiger partial charge on any atom is 0.254 e. The fraction of sp³-hybridized carbons (Fsp3) is 0.333.